The summed E-state index contributed by atoms with van der Waals surface area (Å²) in [5, 5.41) is 5.57. The van der Waals surface area contributed by atoms with E-state index in [2.05, 4.69) is 27.5 Å². The van der Waals surface area contributed by atoms with Gasteiger partial charge in [-0.1, -0.05) is 65.8 Å². The topological polar surface area (TPSA) is 105 Å². The van der Waals surface area contributed by atoms with Crippen LogP contribution in [0.4, 0.5) is 10.6 Å². The Balaban J connectivity index is 1.28. The van der Waals surface area contributed by atoms with Gasteiger partial charge in [0.25, 0.3) is 5.91 Å². The fourth-order valence-electron chi connectivity index (χ4n) is 4.61. The zero-order valence-corrected chi connectivity index (χ0v) is 23.9. The molecule has 1 saturated heterocycles. The van der Waals surface area contributed by atoms with Gasteiger partial charge in [0, 0.05) is 18.3 Å². The molecular formula is C31H31N5O4S. The second-order valence-electron chi connectivity index (χ2n) is 10.7. The van der Waals surface area contributed by atoms with Gasteiger partial charge in [0.05, 0.1) is 11.1 Å². The molecule has 5 rings (SSSR count). The Morgan fingerprint density at radius 1 is 1.02 bits per heavy atom. The minimum Gasteiger partial charge on any atom is -0.444 e. The summed E-state index contributed by atoms with van der Waals surface area (Å²) in [6.45, 7) is 5.67. The van der Waals surface area contributed by atoms with E-state index in [1.165, 1.54) is 16.2 Å². The van der Waals surface area contributed by atoms with Crippen molar-refractivity contribution in [2.45, 2.75) is 51.3 Å². The highest BCUT2D eigenvalue weighted by molar-refractivity contribution is 7.17. The van der Waals surface area contributed by atoms with Gasteiger partial charge in [-0.2, -0.15) is 0 Å². The van der Waals surface area contributed by atoms with Crippen LogP contribution in [-0.4, -0.2) is 50.4 Å². The Morgan fingerprint density at radius 3 is 2.41 bits per heavy atom. The summed E-state index contributed by atoms with van der Waals surface area (Å²) in [4.78, 5) is 47.3. The molecule has 9 nitrogen and oxygen atoms in total. The molecule has 0 bridgehead atoms. The maximum absolute atomic E-state index is 13.8. The molecule has 210 valence electrons. The Kier molecular flexibility index (Phi) is 8.08. The van der Waals surface area contributed by atoms with Crippen molar-refractivity contribution in [3.63, 3.8) is 0 Å². The van der Waals surface area contributed by atoms with Crippen LogP contribution in [0.15, 0.2) is 73.1 Å². The van der Waals surface area contributed by atoms with Gasteiger partial charge >= 0.3 is 6.09 Å². The van der Waals surface area contributed by atoms with E-state index < -0.39 is 23.8 Å². The van der Waals surface area contributed by atoms with Gasteiger partial charge in [-0.15, -0.1) is 0 Å². The Bertz CT molecular complexity index is 1580. The van der Waals surface area contributed by atoms with E-state index in [0.29, 0.717) is 35.7 Å². The fourth-order valence-corrected chi connectivity index (χ4v) is 5.43. The summed E-state index contributed by atoms with van der Waals surface area (Å²) in [7, 11) is 0. The summed E-state index contributed by atoms with van der Waals surface area (Å²) in [6, 6.07) is 17.0. The number of nitrogens with one attached hydrogen (secondary N) is 2. The van der Waals surface area contributed by atoms with Gasteiger partial charge in [0.1, 0.15) is 17.7 Å². The van der Waals surface area contributed by atoms with Gasteiger partial charge in [-0.05, 0) is 57.2 Å². The average Bonchev–Trinajstić information content (AvgIpc) is 3.66. The summed E-state index contributed by atoms with van der Waals surface area (Å²) in [5.74, 6) is 5.98. The van der Waals surface area contributed by atoms with Gasteiger partial charge in [-0.25, -0.2) is 9.78 Å². The number of imidazole rings is 1. The molecule has 2 aromatic heterocycles. The quantitative estimate of drug-likeness (QED) is 0.330. The predicted molar refractivity (Wildman–Crippen MR) is 157 cm³/mol. The molecule has 2 atom stereocenters. The molecule has 0 unspecified atom stereocenters. The lowest BCUT2D eigenvalue weighted by atomic mass is 10.0. The maximum Gasteiger partial charge on any atom is 0.408 e. The second kappa shape index (κ2) is 11.9. The van der Waals surface area contributed by atoms with Crippen LogP contribution >= 0.6 is 11.3 Å². The lowest BCUT2D eigenvalue weighted by Crippen LogP contribution is -2.49. The summed E-state index contributed by atoms with van der Waals surface area (Å²) < 4.78 is 7.23. The summed E-state index contributed by atoms with van der Waals surface area (Å²) in [6.07, 6.45) is 4.07. The molecule has 0 spiro atoms. The number of hydrogen-bond donors (Lipinski definition) is 2. The highest BCUT2D eigenvalue weighted by Crippen LogP contribution is 2.26. The monoisotopic (exact) mass is 569 g/mol. The Morgan fingerprint density at radius 2 is 1.73 bits per heavy atom. The van der Waals surface area contributed by atoms with Crippen molar-refractivity contribution >= 4 is 40.0 Å². The number of amides is 3. The van der Waals surface area contributed by atoms with Gasteiger partial charge in [0.2, 0.25) is 5.91 Å². The van der Waals surface area contributed by atoms with Crippen molar-refractivity contribution in [2.75, 3.05) is 11.9 Å². The molecule has 2 N–H and O–H groups in total. The standard InChI is InChI=1S/C31H31N5O4S/c1-31(2,3)40-30(39)34-26(22-13-8-5-9-14-22)28(38)36-18-10-15-24(36)27(37)32-25-20-35-19-23(41-29(35)33-25)17-16-21-11-6-4-7-12-21/h4-9,11-14,19-20,24,26H,10,15,18H2,1-3H3,(H,32,37)(H,34,39)/t24-,26+/m0/s1. The highest BCUT2D eigenvalue weighted by atomic mass is 32.1. The van der Waals surface area contributed by atoms with E-state index in [4.69, 9.17) is 4.74 Å². The number of hydrogen-bond acceptors (Lipinski definition) is 6. The molecule has 4 aromatic rings. The van der Waals surface area contributed by atoms with E-state index in [1.807, 2.05) is 47.0 Å². The van der Waals surface area contributed by atoms with Crippen LogP contribution in [0, 0.1) is 11.8 Å². The smallest absolute Gasteiger partial charge is 0.408 e. The average molecular weight is 570 g/mol. The maximum atomic E-state index is 13.8. The molecule has 0 aliphatic carbocycles. The number of alkyl carbamates (subject to hydrolysis) is 1. The molecule has 10 heteroatoms. The molecule has 1 aliphatic rings. The number of aromatic nitrogens is 2. The number of nitrogens with zero attached hydrogens (tertiary/aromatic N) is 3. The number of carbonyl (C=O) groups is 3. The van der Waals surface area contributed by atoms with Crippen molar-refractivity contribution in [1.82, 2.24) is 19.6 Å². The van der Waals surface area contributed by atoms with Crippen molar-refractivity contribution in [1.29, 1.82) is 0 Å². The second-order valence-corrected chi connectivity index (χ2v) is 11.7. The number of benzene rings is 2. The van der Waals surface area contributed by atoms with Crippen molar-refractivity contribution in [2.24, 2.45) is 0 Å². The first-order valence-corrected chi connectivity index (χ1v) is 14.2. The molecular weight excluding hydrogens is 538 g/mol. The SMILES string of the molecule is CC(C)(C)OC(=O)N[C@@H](C(=O)N1CCC[C@H]1C(=O)Nc1cn2cc(C#Cc3ccccc3)sc2n1)c1ccccc1. The molecule has 41 heavy (non-hydrogen) atoms. The van der Waals surface area contributed by atoms with Gasteiger partial charge < -0.3 is 20.3 Å². The van der Waals surface area contributed by atoms with E-state index in [-0.39, 0.29) is 11.8 Å². The number of ether oxygens (including phenoxy) is 1. The van der Waals surface area contributed by atoms with Crippen molar-refractivity contribution < 1.29 is 19.1 Å². The van der Waals surface area contributed by atoms with E-state index >= 15 is 0 Å². The van der Waals surface area contributed by atoms with Crippen molar-refractivity contribution in [3.8, 4) is 11.8 Å². The van der Waals surface area contributed by atoms with Gasteiger partial charge in [-0.3, -0.25) is 14.0 Å². The molecule has 3 amide bonds. The lowest BCUT2D eigenvalue weighted by Gasteiger charge is -2.29. The summed E-state index contributed by atoms with van der Waals surface area (Å²) in [5.41, 5.74) is 0.811. The normalized spacial score (nSPS) is 15.6. The molecule has 3 heterocycles. The van der Waals surface area contributed by atoms with Crippen LogP contribution in [0.5, 0.6) is 0 Å². The number of anilines is 1. The molecule has 2 aromatic carbocycles. The highest BCUT2D eigenvalue weighted by Gasteiger charge is 2.39. The van der Waals surface area contributed by atoms with Gasteiger partial charge in [0.15, 0.2) is 10.8 Å². The van der Waals surface area contributed by atoms with E-state index in [0.717, 1.165) is 10.4 Å². The zero-order chi connectivity index (χ0) is 29.0. The Labute approximate surface area is 242 Å². The largest absolute Gasteiger partial charge is 0.444 e. The molecule has 0 saturated carbocycles. The van der Waals surface area contributed by atoms with E-state index in [1.54, 1.807) is 51.2 Å². The van der Waals surface area contributed by atoms with Crippen molar-refractivity contribution in [3.05, 3.63) is 89.1 Å². The number of thiazole rings is 1. The van der Waals surface area contributed by atoms with Crippen LogP contribution in [0.25, 0.3) is 4.96 Å². The molecule has 1 aliphatic heterocycles. The number of carbonyl (C=O) groups excluding carboxylic acids is 3. The summed E-state index contributed by atoms with van der Waals surface area (Å²) >= 11 is 1.42. The molecule has 0 radical (unpaired) electrons. The number of fused-ring (bicyclic) bond motifs is 1. The van der Waals surface area contributed by atoms with Crippen LogP contribution in [0.1, 0.15) is 55.7 Å². The lowest BCUT2D eigenvalue weighted by molar-refractivity contribution is -0.138. The minimum atomic E-state index is -0.993. The molecule has 1 fully saturated rings. The number of rotatable bonds is 5. The zero-order valence-electron chi connectivity index (χ0n) is 23.1. The van der Waals surface area contributed by atoms with Crippen LogP contribution < -0.4 is 10.6 Å². The third kappa shape index (κ3) is 6.94. The fraction of sp³-hybridized carbons (Fsp3) is 0.290. The van der Waals surface area contributed by atoms with Crippen LogP contribution in [0.2, 0.25) is 0 Å². The first-order chi connectivity index (χ1) is 19.7. The van der Waals surface area contributed by atoms with Crippen LogP contribution in [-0.2, 0) is 14.3 Å². The third-order valence-electron chi connectivity index (χ3n) is 6.39. The van der Waals surface area contributed by atoms with E-state index in [9.17, 15) is 14.4 Å². The third-order valence-corrected chi connectivity index (χ3v) is 7.30. The number of likely N-dealkylation sites (tertiary alicyclic amines) is 1. The first-order valence-electron chi connectivity index (χ1n) is 13.4. The Hall–Kier alpha value is -4.62. The van der Waals surface area contributed by atoms with Crippen LogP contribution in [0.3, 0.4) is 0 Å². The minimum absolute atomic E-state index is 0.324. The first kappa shape index (κ1) is 27.9. The predicted octanol–water partition coefficient (Wildman–Crippen LogP) is 4.99.